The number of pyridine rings is 3. The highest BCUT2D eigenvalue weighted by Crippen LogP contribution is 2.28. The number of aliphatic hydroxyl groups is 3. The number of nitrogens with zero attached hydrogens (tertiary/aromatic N) is 3. The number of hydrogen-bond acceptors (Lipinski definition) is 12. The number of halogens is 10. The molecule has 7 N–H and O–H groups in total. The van der Waals surface area contributed by atoms with E-state index >= 15 is 0 Å². The van der Waals surface area contributed by atoms with Crippen LogP contribution in [0.25, 0.3) is 0 Å². The molecule has 3 aromatic carbocycles. The molecule has 0 saturated carbocycles. The summed E-state index contributed by atoms with van der Waals surface area (Å²) in [5, 5.41) is 32.3. The lowest BCUT2D eigenvalue weighted by molar-refractivity contribution is 0.102. The molecule has 356 valence electrons. The Bertz CT molecular complexity index is 2540. The minimum Gasteiger partial charge on any atom is -0.392 e. The SMILES string of the molecule is C[C@H](O)CN.C[C@H](O)CNc1cc(F)nc(F)c1C(=O)c1ccccc1Cl.C[C@H](O)CNc1nc(F)cc(F)c1C(=O)c1ccccc1Cl.O=C(c1ccccc1Cl)c1c(F)cc(F)nc1F. The van der Waals surface area contributed by atoms with Crippen LogP contribution in [0.3, 0.4) is 0 Å². The Morgan fingerprint density at radius 3 is 1.28 bits per heavy atom. The summed E-state index contributed by atoms with van der Waals surface area (Å²) in [6.07, 6.45) is -1.88. The number of benzene rings is 3. The first-order valence-corrected chi connectivity index (χ1v) is 20.5. The molecule has 0 unspecified atom stereocenters. The third kappa shape index (κ3) is 16.3. The number of nitrogens with one attached hydrogen (secondary N) is 2. The molecule has 3 aromatic heterocycles. The second-order valence-electron chi connectivity index (χ2n) is 13.9. The van der Waals surface area contributed by atoms with Gasteiger partial charge in [0.1, 0.15) is 34.1 Å². The van der Waals surface area contributed by atoms with Crippen LogP contribution in [0.15, 0.2) is 91.0 Å². The molecular weight excluding hydrogens is 960 g/mol. The summed E-state index contributed by atoms with van der Waals surface area (Å²) in [5.74, 6) is -11.3. The minimum absolute atomic E-state index is 0.0152. The van der Waals surface area contributed by atoms with Crippen molar-refractivity contribution in [1.29, 1.82) is 0 Å². The number of rotatable bonds is 13. The first-order valence-electron chi connectivity index (χ1n) is 19.4. The number of nitrogens with two attached hydrogens (primary N) is 1. The minimum atomic E-state index is -1.50. The van der Waals surface area contributed by atoms with E-state index < -0.39 is 87.6 Å². The number of hydrogen-bond donors (Lipinski definition) is 6. The highest BCUT2D eigenvalue weighted by molar-refractivity contribution is 6.36. The van der Waals surface area contributed by atoms with Gasteiger partial charge in [0, 0.05) is 54.5 Å². The van der Waals surface area contributed by atoms with Crippen LogP contribution in [0.2, 0.25) is 15.1 Å². The van der Waals surface area contributed by atoms with Crippen molar-refractivity contribution in [3.63, 3.8) is 0 Å². The Balaban J connectivity index is 0.000000254. The first-order chi connectivity index (χ1) is 31.6. The summed E-state index contributed by atoms with van der Waals surface area (Å²) in [6, 6.07) is 19.8. The van der Waals surface area contributed by atoms with Gasteiger partial charge in [0.15, 0.2) is 0 Å². The van der Waals surface area contributed by atoms with Crippen LogP contribution >= 0.6 is 34.8 Å². The molecule has 0 aliphatic carbocycles. The first kappa shape index (κ1) is 55.3. The Morgan fingerprint density at radius 1 is 0.537 bits per heavy atom. The summed E-state index contributed by atoms with van der Waals surface area (Å²) in [6.45, 7) is 5.00. The van der Waals surface area contributed by atoms with Gasteiger partial charge in [0.25, 0.3) is 0 Å². The van der Waals surface area contributed by atoms with E-state index in [1.165, 1.54) is 56.3 Å². The van der Waals surface area contributed by atoms with Gasteiger partial charge in [-0.3, -0.25) is 14.4 Å². The third-order valence-corrected chi connectivity index (χ3v) is 9.30. The zero-order valence-electron chi connectivity index (χ0n) is 35.3. The summed E-state index contributed by atoms with van der Waals surface area (Å²) >= 11 is 17.6. The van der Waals surface area contributed by atoms with Gasteiger partial charge in [-0.2, -0.15) is 31.9 Å². The number of carbonyl (C=O) groups is 3. The maximum Gasteiger partial charge on any atom is 0.229 e. The van der Waals surface area contributed by atoms with Crippen LogP contribution in [-0.4, -0.2) is 85.6 Å². The van der Waals surface area contributed by atoms with Crippen molar-refractivity contribution < 1.29 is 60.4 Å². The molecular formula is C45H40Cl3F7N6O6. The van der Waals surface area contributed by atoms with Crippen molar-refractivity contribution >= 4 is 63.7 Å². The van der Waals surface area contributed by atoms with Gasteiger partial charge in [-0.05, 0) is 57.2 Å². The van der Waals surface area contributed by atoms with Gasteiger partial charge in [0.2, 0.25) is 47.1 Å². The summed E-state index contributed by atoms with van der Waals surface area (Å²) in [4.78, 5) is 46.1. The fourth-order valence-electron chi connectivity index (χ4n) is 5.17. The lowest BCUT2D eigenvalue weighted by Crippen LogP contribution is -2.20. The van der Waals surface area contributed by atoms with Crippen LogP contribution in [0.5, 0.6) is 0 Å². The van der Waals surface area contributed by atoms with Gasteiger partial charge < -0.3 is 31.7 Å². The highest BCUT2D eigenvalue weighted by atomic mass is 35.5. The van der Waals surface area contributed by atoms with E-state index in [0.29, 0.717) is 18.7 Å². The fourth-order valence-corrected chi connectivity index (χ4v) is 5.83. The maximum atomic E-state index is 14.1. The molecule has 12 nitrogen and oxygen atoms in total. The predicted molar refractivity (Wildman–Crippen MR) is 238 cm³/mol. The smallest absolute Gasteiger partial charge is 0.229 e. The zero-order valence-corrected chi connectivity index (χ0v) is 37.5. The molecule has 0 fully saturated rings. The van der Waals surface area contributed by atoms with Crippen LogP contribution in [0.1, 0.15) is 68.5 Å². The van der Waals surface area contributed by atoms with Gasteiger partial charge in [-0.1, -0.05) is 71.2 Å². The van der Waals surface area contributed by atoms with Crippen LogP contribution in [0.4, 0.5) is 42.2 Å². The molecule has 0 amide bonds. The summed E-state index contributed by atoms with van der Waals surface area (Å²) in [7, 11) is 0. The monoisotopic (exact) mass is 998 g/mol. The summed E-state index contributed by atoms with van der Waals surface area (Å²) in [5.41, 5.74) is 3.15. The van der Waals surface area contributed by atoms with Gasteiger partial charge >= 0.3 is 0 Å². The normalized spacial score (nSPS) is 11.8. The van der Waals surface area contributed by atoms with Gasteiger partial charge in [0.05, 0.1) is 39.1 Å². The molecule has 6 rings (SSSR count). The van der Waals surface area contributed by atoms with E-state index in [1.807, 2.05) is 0 Å². The van der Waals surface area contributed by atoms with Gasteiger partial charge in [-0.15, -0.1) is 0 Å². The molecule has 3 atom stereocenters. The van der Waals surface area contributed by atoms with E-state index in [2.05, 4.69) is 25.6 Å². The highest BCUT2D eigenvalue weighted by Gasteiger charge is 2.26. The lowest BCUT2D eigenvalue weighted by Gasteiger charge is -2.13. The molecule has 0 radical (unpaired) electrons. The van der Waals surface area contributed by atoms with E-state index in [9.17, 15) is 55.3 Å². The van der Waals surface area contributed by atoms with Crippen molar-refractivity contribution in [2.24, 2.45) is 5.73 Å². The average Bonchev–Trinajstić information content (AvgIpc) is 3.25. The molecule has 0 saturated heterocycles. The molecule has 0 aliphatic heterocycles. The van der Waals surface area contributed by atoms with Crippen molar-refractivity contribution in [3.05, 3.63) is 181 Å². The van der Waals surface area contributed by atoms with Crippen molar-refractivity contribution in [1.82, 2.24) is 15.0 Å². The molecule has 0 spiro atoms. The van der Waals surface area contributed by atoms with Crippen LogP contribution in [-0.2, 0) is 0 Å². The van der Waals surface area contributed by atoms with Crippen molar-refractivity contribution in [2.45, 2.75) is 39.1 Å². The second kappa shape index (κ2) is 26.3. The Hall–Kier alpha value is -6.06. The zero-order chi connectivity index (χ0) is 50.1. The number of ketones is 3. The molecule has 0 bridgehead atoms. The van der Waals surface area contributed by atoms with E-state index in [1.54, 1.807) is 37.3 Å². The molecule has 3 heterocycles. The standard InChI is InChI=1S/2C15H13ClF2N2O2.C12H5ClF3NO.C3H9NO/c1-8(21)7-19-11-6-12(17)20-15(18)13(11)14(22)9-4-2-3-5-10(9)16;1-8(21)7-19-15-13(11(17)6-12(18)20-15)14(22)9-4-2-3-5-10(9)16;13-7-4-2-1-3-6(7)11(18)10-8(14)5-9(15)17-12(10)16;1-3(5)2-4/h2*2-6,8,21H,7H2,1H3,(H,19,20);1-5H;3,5H,2,4H2,1H3/t2*8-;;3-/m00.0/s1. The maximum absolute atomic E-state index is 14.1. The lowest BCUT2D eigenvalue weighted by atomic mass is 10.0. The van der Waals surface area contributed by atoms with E-state index in [4.69, 9.17) is 45.6 Å². The number of aromatic nitrogens is 3. The Kier molecular flexibility index (Phi) is 21.7. The molecule has 0 aliphatic rings. The fraction of sp³-hybridized carbons (Fsp3) is 0.200. The van der Waals surface area contributed by atoms with Gasteiger partial charge in [-0.25, -0.2) is 13.8 Å². The van der Waals surface area contributed by atoms with Crippen LogP contribution in [0, 0.1) is 41.4 Å². The molecule has 6 aromatic rings. The number of aliphatic hydroxyl groups excluding tert-OH is 3. The summed E-state index contributed by atoms with van der Waals surface area (Å²) < 4.78 is 94.0. The topological polar surface area (TPSA) is 201 Å². The molecule has 67 heavy (non-hydrogen) atoms. The second-order valence-corrected chi connectivity index (χ2v) is 15.1. The number of anilines is 2. The quantitative estimate of drug-likeness (QED) is 0.0366. The van der Waals surface area contributed by atoms with Crippen molar-refractivity contribution in [3.8, 4) is 0 Å². The van der Waals surface area contributed by atoms with Crippen LogP contribution < -0.4 is 16.4 Å². The predicted octanol–water partition coefficient (Wildman–Crippen LogP) is 8.78. The third-order valence-electron chi connectivity index (χ3n) is 8.31. The van der Waals surface area contributed by atoms with E-state index in [-0.39, 0.29) is 62.5 Å². The average molecular weight is 1000 g/mol. The van der Waals surface area contributed by atoms with E-state index in [0.717, 1.165) is 6.07 Å². The largest absolute Gasteiger partial charge is 0.392 e. The molecule has 22 heteroatoms. The Labute approximate surface area is 393 Å². The number of carbonyl (C=O) groups excluding carboxylic acids is 3. The Morgan fingerprint density at radius 2 is 0.881 bits per heavy atom. The van der Waals surface area contributed by atoms with Crippen molar-refractivity contribution in [2.75, 3.05) is 30.3 Å².